The summed E-state index contributed by atoms with van der Waals surface area (Å²) < 4.78 is 64.5. The highest BCUT2D eigenvalue weighted by atomic mass is 19.4. The SMILES string of the molecule is Oc1ccc(-c2cccc(C(F)(F)F)c2F)cc1F. The first-order valence-electron chi connectivity index (χ1n) is 5.15. The van der Waals surface area contributed by atoms with E-state index in [1.54, 1.807) is 0 Å². The van der Waals surface area contributed by atoms with Gasteiger partial charge in [0.05, 0.1) is 5.56 Å². The zero-order chi connectivity index (χ0) is 14.2. The molecule has 0 amide bonds. The summed E-state index contributed by atoms with van der Waals surface area (Å²) in [5, 5.41) is 9.00. The lowest BCUT2D eigenvalue weighted by Crippen LogP contribution is -2.08. The van der Waals surface area contributed by atoms with Crippen LogP contribution in [0.4, 0.5) is 22.0 Å². The van der Waals surface area contributed by atoms with Gasteiger partial charge in [-0.15, -0.1) is 0 Å². The van der Waals surface area contributed by atoms with Crippen LogP contribution >= 0.6 is 0 Å². The molecule has 0 heterocycles. The Kier molecular flexibility index (Phi) is 3.18. The summed E-state index contributed by atoms with van der Waals surface area (Å²) in [5.41, 5.74) is -1.88. The molecular formula is C13H7F5O. The van der Waals surface area contributed by atoms with E-state index in [0.717, 1.165) is 30.3 Å². The number of halogens is 5. The number of alkyl halides is 3. The smallest absolute Gasteiger partial charge is 0.419 e. The molecule has 0 spiro atoms. The first-order valence-corrected chi connectivity index (χ1v) is 5.15. The van der Waals surface area contributed by atoms with Crippen molar-refractivity contribution in [3.05, 3.63) is 53.6 Å². The normalized spacial score (nSPS) is 11.6. The van der Waals surface area contributed by atoms with Crippen LogP contribution in [-0.2, 0) is 6.18 Å². The topological polar surface area (TPSA) is 20.2 Å². The van der Waals surface area contributed by atoms with E-state index >= 15 is 0 Å². The van der Waals surface area contributed by atoms with E-state index in [0.29, 0.717) is 6.07 Å². The lowest BCUT2D eigenvalue weighted by Gasteiger charge is -2.11. The number of phenolic OH excluding ortho intramolecular Hbond substituents is 1. The first kappa shape index (κ1) is 13.3. The summed E-state index contributed by atoms with van der Waals surface area (Å²) in [6.07, 6.45) is -4.82. The van der Waals surface area contributed by atoms with Crippen LogP contribution in [0.2, 0.25) is 0 Å². The number of phenols is 1. The Morgan fingerprint density at radius 2 is 1.63 bits per heavy atom. The molecule has 0 aliphatic heterocycles. The molecule has 1 nitrogen and oxygen atoms in total. The zero-order valence-corrected chi connectivity index (χ0v) is 9.30. The van der Waals surface area contributed by atoms with Gasteiger partial charge in [0.2, 0.25) is 0 Å². The maximum atomic E-state index is 13.8. The second-order valence-electron chi connectivity index (χ2n) is 3.83. The quantitative estimate of drug-likeness (QED) is 0.766. The molecule has 2 aromatic carbocycles. The molecule has 100 valence electrons. The van der Waals surface area contributed by atoms with Crippen molar-refractivity contribution in [2.24, 2.45) is 0 Å². The number of hydrogen-bond acceptors (Lipinski definition) is 1. The van der Waals surface area contributed by atoms with Crippen molar-refractivity contribution in [2.75, 3.05) is 0 Å². The molecule has 0 saturated carbocycles. The fourth-order valence-electron chi connectivity index (χ4n) is 1.65. The van der Waals surface area contributed by atoms with E-state index < -0.39 is 29.1 Å². The average molecular weight is 274 g/mol. The van der Waals surface area contributed by atoms with Gasteiger partial charge in [-0.05, 0) is 23.8 Å². The molecule has 0 aliphatic carbocycles. The minimum absolute atomic E-state index is 0.0844. The van der Waals surface area contributed by atoms with Gasteiger partial charge < -0.3 is 5.11 Å². The average Bonchev–Trinajstić information content (AvgIpc) is 2.32. The first-order chi connectivity index (χ1) is 8.80. The molecule has 0 aromatic heterocycles. The van der Waals surface area contributed by atoms with Crippen LogP contribution in [-0.4, -0.2) is 5.11 Å². The van der Waals surface area contributed by atoms with Crippen molar-refractivity contribution in [1.82, 2.24) is 0 Å². The highest BCUT2D eigenvalue weighted by Gasteiger charge is 2.34. The van der Waals surface area contributed by atoms with Gasteiger partial charge >= 0.3 is 6.18 Å². The van der Waals surface area contributed by atoms with Crippen LogP contribution in [0.15, 0.2) is 36.4 Å². The summed E-state index contributed by atoms with van der Waals surface area (Å²) >= 11 is 0. The maximum absolute atomic E-state index is 13.8. The van der Waals surface area contributed by atoms with Crippen LogP contribution in [0.5, 0.6) is 5.75 Å². The zero-order valence-electron chi connectivity index (χ0n) is 9.30. The fourth-order valence-corrected chi connectivity index (χ4v) is 1.65. The number of benzene rings is 2. The Hall–Kier alpha value is -2.11. The van der Waals surface area contributed by atoms with E-state index in [9.17, 15) is 22.0 Å². The molecule has 0 fully saturated rings. The van der Waals surface area contributed by atoms with E-state index in [4.69, 9.17) is 5.11 Å². The number of rotatable bonds is 1. The molecule has 2 rings (SSSR count). The highest BCUT2D eigenvalue weighted by molar-refractivity contribution is 5.66. The largest absolute Gasteiger partial charge is 0.505 e. The third-order valence-electron chi connectivity index (χ3n) is 2.56. The van der Waals surface area contributed by atoms with Crippen LogP contribution < -0.4 is 0 Å². The summed E-state index contributed by atoms with van der Waals surface area (Å²) in [5.74, 6) is -3.16. The van der Waals surface area contributed by atoms with Gasteiger partial charge in [0.1, 0.15) is 5.82 Å². The third kappa shape index (κ3) is 2.52. The van der Waals surface area contributed by atoms with Crippen molar-refractivity contribution in [2.45, 2.75) is 6.18 Å². The summed E-state index contributed by atoms with van der Waals surface area (Å²) in [6.45, 7) is 0. The molecule has 0 unspecified atom stereocenters. The lowest BCUT2D eigenvalue weighted by atomic mass is 10.0. The van der Waals surface area contributed by atoms with Gasteiger partial charge in [0, 0.05) is 5.56 Å². The highest BCUT2D eigenvalue weighted by Crippen LogP contribution is 2.36. The molecule has 0 aliphatic rings. The van der Waals surface area contributed by atoms with E-state index in [1.165, 1.54) is 0 Å². The van der Waals surface area contributed by atoms with Gasteiger partial charge in [-0.25, -0.2) is 8.78 Å². The molecule has 19 heavy (non-hydrogen) atoms. The van der Waals surface area contributed by atoms with Crippen LogP contribution in [0.25, 0.3) is 11.1 Å². The maximum Gasteiger partial charge on any atom is 0.419 e. The molecule has 0 saturated heterocycles. The molecule has 6 heteroatoms. The van der Waals surface area contributed by atoms with E-state index in [2.05, 4.69) is 0 Å². The lowest BCUT2D eigenvalue weighted by molar-refractivity contribution is -0.139. The summed E-state index contributed by atoms with van der Waals surface area (Å²) in [6, 6.07) is 5.60. The minimum atomic E-state index is -4.82. The Morgan fingerprint density at radius 1 is 0.947 bits per heavy atom. The summed E-state index contributed by atoms with van der Waals surface area (Å²) in [4.78, 5) is 0. The van der Waals surface area contributed by atoms with Crippen LogP contribution in [0, 0.1) is 11.6 Å². The van der Waals surface area contributed by atoms with E-state index in [-0.39, 0.29) is 11.1 Å². The van der Waals surface area contributed by atoms with Crippen molar-refractivity contribution in [1.29, 1.82) is 0 Å². The van der Waals surface area contributed by atoms with Crippen LogP contribution in [0.1, 0.15) is 5.56 Å². The van der Waals surface area contributed by atoms with Gasteiger partial charge in [0.15, 0.2) is 11.6 Å². The third-order valence-corrected chi connectivity index (χ3v) is 2.56. The molecule has 0 radical (unpaired) electrons. The van der Waals surface area contributed by atoms with Gasteiger partial charge in [0.25, 0.3) is 0 Å². The Morgan fingerprint density at radius 3 is 2.21 bits per heavy atom. The van der Waals surface area contributed by atoms with Crippen molar-refractivity contribution >= 4 is 0 Å². The predicted molar refractivity (Wildman–Crippen MR) is 58.5 cm³/mol. The van der Waals surface area contributed by atoms with Crippen molar-refractivity contribution < 1.29 is 27.1 Å². The molecular weight excluding hydrogens is 267 g/mol. The second kappa shape index (κ2) is 4.53. The van der Waals surface area contributed by atoms with Gasteiger partial charge in [-0.1, -0.05) is 18.2 Å². The van der Waals surface area contributed by atoms with Crippen molar-refractivity contribution in [3.63, 3.8) is 0 Å². The fraction of sp³-hybridized carbons (Fsp3) is 0.0769. The van der Waals surface area contributed by atoms with Crippen LogP contribution in [0.3, 0.4) is 0 Å². The van der Waals surface area contributed by atoms with Gasteiger partial charge in [-0.3, -0.25) is 0 Å². The minimum Gasteiger partial charge on any atom is -0.505 e. The number of hydrogen-bond donors (Lipinski definition) is 1. The molecule has 0 bridgehead atoms. The molecule has 2 aromatic rings. The monoisotopic (exact) mass is 274 g/mol. The Bertz CT molecular complexity index is 619. The molecule has 1 N–H and O–H groups in total. The molecule has 0 atom stereocenters. The van der Waals surface area contributed by atoms with Crippen molar-refractivity contribution in [3.8, 4) is 16.9 Å². The standard InChI is InChI=1S/C13H7F5O/c14-10-6-7(4-5-11(10)19)8-2-1-3-9(12(8)15)13(16,17)18/h1-6,19H. The number of aromatic hydroxyl groups is 1. The summed E-state index contributed by atoms with van der Waals surface area (Å²) in [7, 11) is 0. The second-order valence-corrected chi connectivity index (χ2v) is 3.83. The van der Waals surface area contributed by atoms with E-state index in [1.807, 2.05) is 0 Å². The Labute approximate surface area is 104 Å². The van der Waals surface area contributed by atoms with Gasteiger partial charge in [-0.2, -0.15) is 13.2 Å². The Balaban J connectivity index is 2.60. The predicted octanol–water partition coefficient (Wildman–Crippen LogP) is 4.36.